The molecule has 0 bridgehead atoms. The fourth-order valence-corrected chi connectivity index (χ4v) is 2.46. The van der Waals surface area contributed by atoms with Gasteiger partial charge in [-0.15, -0.1) is 0 Å². The summed E-state index contributed by atoms with van der Waals surface area (Å²) in [5, 5.41) is 0. The molecule has 0 atom stereocenters. The molecule has 0 radical (unpaired) electrons. The fraction of sp³-hybridized carbons (Fsp3) is 0.765. The average Bonchev–Trinajstić information content (AvgIpc) is 2.41. The summed E-state index contributed by atoms with van der Waals surface area (Å²) in [6, 6.07) is 0. The molecule has 19 heavy (non-hydrogen) atoms. The van der Waals surface area contributed by atoms with Crippen LogP contribution in [-0.2, 0) is 19.3 Å². The lowest BCUT2D eigenvalue weighted by Crippen LogP contribution is -2.09. The SMILES string of the molecule is CCCCc1nc(C)nc(CCCC)c1CCCC. The standard InChI is InChI=1S/C17H30N2/c1-5-8-11-15-16(12-9-6-2)18-14(4)19-17(15)13-10-7-3/h5-13H2,1-4H3. The van der Waals surface area contributed by atoms with Crippen molar-refractivity contribution in [1.82, 2.24) is 9.97 Å². The van der Waals surface area contributed by atoms with E-state index >= 15 is 0 Å². The molecule has 1 aromatic heterocycles. The Kier molecular flexibility index (Phi) is 7.69. The first-order chi connectivity index (χ1) is 9.22. The predicted octanol–water partition coefficient (Wildman–Crippen LogP) is 4.81. The number of aryl methyl sites for hydroxylation is 3. The van der Waals surface area contributed by atoms with E-state index in [0.717, 1.165) is 25.1 Å². The van der Waals surface area contributed by atoms with E-state index in [9.17, 15) is 0 Å². The molecule has 0 amide bonds. The monoisotopic (exact) mass is 262 g/mol. The molecular formula is C17H30N2. The van der Waals surface area contributed by atoms with Gasteiger partial charge in [0, 0.05) is 11.4 Å². The molecule has 108 valence electrons. The molecule has 0 N–H and O–H groups in total. The summed E-state index contributed by atoms with van der Waals surface area (Å²) in [4.78, 5) is 9.44. The molecule has 0 aliphatic rings. The third-order valence-electron chi connectivity index (χ3n) is 3.60. The first-order valence-electron chi connectivity index (χ1n) is 8.08. The summed E-state index contributed by atoms with van der Waals surface area (Å²) in [6.45, 7) is 8.79. The minimum Gasteiger partial charge on any atom is -0.238 e. The number of nitrogens with zero attached hydrogens (tertiary/aromatic N) is 2. The van der Waals surface area contributed by atoms with E-state index in [1.54, 1.807) is 0 Å². The van der Waals surface area contributed by atoms with Crippen LogP contribution in [0.2, 0.25) is 0 Å². The van der Waals surface area contributed by atoms with Crippen molar-refractivity contribution in [1.29, 1.82) is 0 Å². The number of unbranched alkanes of at least 4 members (excludes halogenated alkanes) is 3. The van der Waals surface area contributed by atoms with E-state index in [1.807, 2.05) is 6.92 Å². The Morgan fingerprint density at radius 2 is 1.11 bits per heavy atom. The van der Waals surface area contributed by atoms with E-state index in [-0.39, 0.29) is 0 Å². The predicted molar refractivity (Wildman–Crippen MR) is 82.6 cm³/mol. The lowest BCUT2D eigenvalue weighted by Gasteiger charge is -2.14. The van der Waals surface area contributed by atoms with Gasteiger partial charge in [0.1, 0.15) is 5.82 Å². The number of aromatic nitrogens is 2. The van der Waals surface area contributed by atoms with Crippen LogP contribution in [0.15, 0.2) is 0 Å². The minimum atomic E-state index is 0.956. The van der Waals surface area contributed by atoms with Gasteiger partial charge >= 0.3 is 0 Å². The van der Waals surface area contributed by atoms with Crippen molar-refractivity contribution >= 4 is 0 Å². The van der Waals surface area contributed by atoms with Crippen LogP contribution < -0.4 is 0 Å². The summed E-state index contributed by atoms with van der Waals surface area (Å²) in [6.07, 6.45) is 10.9. The second-order valence-electron chi connectivity index (χ2n) is 5.45. The largest absolute Gasteiger partial charge is 0.238 e. The smallest absolute Gasteiger partial charge is 0.125 e. The molecular weight excluding hydrogens is 232 g/mol. The van der Waals surface area contributed by atoms with Crippen LogP contribution in [0, 0.1) is 6.92 Å². The first kappa shape index (κ1) is 16.1. The van der Waals surface area contributed by atoms with Gasteiger partial charge < -0.3 is 0 Å². The van der Waals surface area contributed by atoms with E-state index in [4.69, 9.17) is 9.97 Å². The molecule has 0 saturated carbocycles. The van der Waals surface area contributed by atoms with E-state index in [1.165, 1.54) is 55.5 Å². The maximum atomic E-state index is 4.72. The number of hydrogen-bond donors (Lipinski definition) is 0. The average molecular weight is 262 g/mol. The van der Waals surface area contributed by atoms with Gasteiger partial charge in [-0.05, 0) is 51.0 Å². The van der Waals surface area contributed by atoms with Crippen LogP contribution in [-0.4, -0.2) is 9.97 Å². The first-order valence-corrected chi connectivity index (χ1v) is 8.08. The molecule has 0 saturated heterocycles. The van der Waals surface area contributed by atoms with Crippen molar-refractivity contribution in [2.45, 2.75) is 85.5 Å². The van der Waals surface area contributed by atoms with Crippen LogP contribution in [0.3, 0.4) is 0 Å². The molecule has 2 nitrogen and oxygen atoms in total. The Morgan fingerprint density at radius 3 is 1.53 bits per heavy atom. The highest BCUT2D eigenvalue weighted by Crippen LogP contribution is 2.19. The molecule has 1 rings (SSSR count). The molecule has 0 fully saturated rings. The summed E-state index contributed by atoms with van der Waals surface area (Å²) in [7, 11) is 0. The van der Waals surface area contributed by atoms with Crippen molar-refractivity contribution in [2.75, 3.05) is 0 Å². The highest BCUT2D eigenvalue weighted by molar-refractivity contribution is 5.27. The molecule has 1 heterocycles. The Labute approximate surface area is 119 Å². The van der Waals surface area contributed by atoms with Gasteiger partial charge in [0.15, 0.2) is 0 Å². The lowest BCUT2D eigenvalue weighted by molar-refractivity contribution is 0.695. The fourth-order valence-electron chi connectivity index (χ4n) is 2.46. The van der Waals surface area contributed by atoms with Crippen LogP contribution in [0.5, 0.6) is 0 Å². The van der Waals surface area contributed by atoms with Gasteiger partial charge in [-0.1, -0.05) is 40.0 Å². The highest BCUT2D eigenvalue weighted by atomic mass is 14.9. The third-order valence-corrected chi connectivity index (χ3v) is 3.60. The Morgan fingerprint density at radius 1 is 0.684 bits per heavy atom. The van der Waals surface area contributed by atoms with Gasteiger partial charge in [-0.3, -0.25) is 0 Å². The quantitative estimate of drug-likeness (QED) is 0.638. The highest BCUT2D eigenvalue weighted by Gasteiger charge is 2.12. The van der Waals surface area contributed by atoms with Gasteiger partial charge in [0.2, 0.25) is 0 Å². The van der Waals surface area contributed by atoms with Crippen molar-refractivity contribution in [3.63, 3.8) is 0 Å². The number of hydrogen-bond acceptors (Lipinski definition) is 2. The second kappa shape index (κ2) is 9.06. The molecule has 0 spiro atoms. The Hall–Kier alpha value is -0.920. The summed E-state index contributed by atoms with van der Waals surface area (Å²) < 4.78 is 0. The van der Waals surface area contributed by atoms with Crippen molar-refractivity contribution in [2.24, 2.45) is 0 Å². The van der Waals surface area contributed by atoms with Crippen LogP contribution >= 0.6 is 0 Å². The molecule has 2 heteroatoms. The van der Waals surface area contributed by atoms with Crippen LogP contribution in [0.1, 0.15) is 82.1 Å². The second-order valence-corrected chi connectivity index (χ2v) is 5.45. The summed E-state index contributed by atoms with van der Waals surface area (Å²) >= 11 is 0. The van der Waals surface area contributed by atoms with E-state index in [0.29, 0.717) is 0 Å². The maximum Gasteiger partial charge on any atom is 0.125 e. The van der Waals surface area contributed by atoms with Gasteiger partial charge in [0.05, 0.1) is 0 Å². The minimum absolute atomic E-state index is 0.956. The normalized spacial score (nSPS) is 10.9. The topological polar surface area (TPSA) is 25.8 Å². The van der Waals surface area contributed by atoms with Gasteiger partial charge in [-0.2, -0.15) is 0 Å². The molecule has 1 aromatic rings. The molecule has 0 aliphatic heterocycles. The maximum absolute atomic E-state index is 4.72. The zero-order chi connectivity index (χ0) is 14.1. The van der Waals surface area contributed by atoms with Crippen molar-refractivity contribution < 1.29 is 0 Å². The van der Waals surface area contributed by atoms with E-state index < -0.39 is 0 Å². The molecule has 0 unspecified atom stereocenters. The zero-order valence-corrected chi connectivity index (χ0v) is 13.3. The van der Waals surface area contributed by atoms with Crippen molar-refractivity contribution in [3.05, 3.63) is 22.8 Å². The zero-order valence-electron chi connectivity index (χ0n) is 13.3. The van der Waals surface area contributed by atoms with Gasteiger partial charge in [-0.25, -0.2) is 9.97 Å². The van der Waals surface area contributed by atoms with Crippen LogP contribution in [0.25, 0.3) is 0 Å². The van der Waals surface area contributed by atoms with E-state index in [2.05, 4.69) is 20.8 Å². The third kappa shape index (κ3) is 5.30. The molecule has 0 aliphatic carbocycles. The van der Waals surface area contributed by atoms with Gasteiger partial charge in [0.25, 0.3) is 0 Å². The molecule has 0 aromatic carbocycles. The summed E-state index contributed by atoms with van der Waals surface area (Å²) in [5.74, 6) is 0.956. The van der Waals surface area contributed by atoms with Crippen molar-refractivity contribution in [3.8, 4) is 0 Å². The lowest BCUT2D eigenvalue weighted by atomic mass is 9.98. The Bertz CT molecular complexity index is 343. The number of rotatable bonds is 9. The Balaban J connectivity index is 2.99. The van der Waals surface area contributed by atoms with Crippen LogP contribution in [0.4, 0.5) is 0 Å². The summed E-state index contributed by atoms with van der Waals surface area (Å²) in [5.41, 5.74) is 4.12.